The quantitative estimate of drug-likeness (QED) is 0.606. The molecule has 1 amide bonds. The first-order valence-corrected chi connectivity index (χ1v) is 9.76. The van der Waals surface area contributed by atoms with Gasteiger partial charge < -0.3 is 24.6 Å². The number of hydrogen-bond donors (Lipinski definition) is 1. The van der Waals surface area contributed by atoms with Gasteiger partial charge in [0, 0.05) is 53.5 Å². The molecule has 1 N–H and O–H groups in total. The Morgan fingerprint density at radius 1 is 1.29 bits per heavy atom. The molecule has 0 spiro atoms. The van der Waals surface area contributed by atoms with Gasteiger partial charge in [-0.05, 0) is 30.5 Å². The lowest BCUT2D eigenvalue weighted by Crippen LogP contribution is -2.55. The smallest absolute Gasteiger partial charge is 0.251 e. The van der Waals surface area contributed by atoms with Crippen LogP contribution in [0.25, 0.3) is 0 Å². The molecule has 8 heteroatoms. The Kier molecular flexibility index (Phi) is 7.22. The Morgan fingerprint density at radius 2 is 1.96 bits per heavy atom. The number of ether oxygens (including phenoxy) is 2. The minimum atomic E-state index is -0.266. The molecule has 154 valence electrons. The van der Waals surface area contributed by atoms with Crippen LogP contribution in [-0.2, 0) is 14.3 Å². The largest absolute Gasteiger partial charge is 0.375 e. The third-order valence-electron chi connectivity index (χ3n) is 5.28. The zero-order valence-corrected chi connectivity index (χ0v) is 16.6. The molecule has 2 heterocycles. The molecule has 0 bridgehead atoms. The molecule has 28 heavy (non-hydrogen) atoms. The van der Waals surface area contributed by atoms with E-state index in [1.165, 1.54) is 12.1 Å². The van der Waals surface area contributed by atoms with Crippen LogP contribution in [0.4, 0.5) is 4.39 Å². The van der Waals surface area contributed by atoms with Gasteiger partial charge in [0.05, 0.1) is 6.10 Å². The van der Waals surface area contributed by atoms with Gasteiger partial charge in [-0.1, -0.05) is 12.1 Å². The number of benzene rings is 1. The van der Waals surface area contributed by atoms with E-state index in [-0.39, 0.29) is 23.9 Å². The molecule has 2 saturated heterocycles. The highest BCUT2D eigenvalue weighted by Gasteiger charge is 2.31. The number of carbonyl (C=O) groups is 1. The molecule has 7 nitrogen and oxygen atoms in total. The fourth-order valence-corrected chi connectivity index (χ4v) is 3.65. The van der Waals surface area contributed by atoms with E-state index < -0.39 is 0 Å². The van der Waals surface area contributed by atoms with Crippen LogP contribution < -0.4 is 5.32 Å². The van der Waals surface area contributed by atoms with Crippen molar-refractivity contribution in [3.8, 4) is 0 Å². The van der Waals surface area contributed by atoms with Crippen molar-refractivity contribution in [1.82, 2.24) is 15.1 Å². The van der Waals surface area contributed by atoms with Crippen LogP contribution >= 0.6 is 0 Å². The van der Waals surface area contributed by atoms with Crippen molar-refractivity contribution in [1.29, 1.82) is 0 Å². The molecule has 0 aromatic heterocycles. The first-order chi connectivity index (χ1) is 13.6. The van der Waals surface area contributed by atoms with Crippen molar-refractivity contribution in [3.63, 3.8) is 0 Å². The summed E-state index contributed by atoms with van der Waals surface area (Å²) in [5.74, 6) is 0.613. The number of nitrogens with one attached hydrogen (secondary N) is 1. The summed E-state index contributed by atoms with van der Waals surface area (Å²) in [6.45, 7) is 3.94. The average molecular weight is 392 g/mol. The van der Waals surface area contributed by atoms with E-state index in [0.717, 1.165) is 24.4 Å². The molecule has 2 aliphatic heterocycles. The number of methoxy groups -OCH3 is 1. The molecule has 2 aliphatic rings. The van der Waals surface area contributed by atoms with Crippen LogP contribution in [0, 0.1) is 5.82 Å². The second-order valence-electron chi connectivity index (χ2n) is 7.02. The van der Waals surface area contributed by atoms with E-state index in [1.54, 1.807) is 26.3 Å². The number of amides is 1. The Balaban J connectivity index is 1.50. The van der Waals surface area contributed by atoms with Crippen LogP contribution in [0.15, 0.2) is 29.3 Å². The van der Waals surface area contributed by atoms with E-state index in [0.29, 0.717) is 39.3 Å². The number of carbonyl (C=O) groups excluding carboxylic acids is 1. The second-order valence-corrected chi connectivity index (χ2v) is 7.02. The predicted molar refractivity (Wildman–Crippen MR) is 105 cm³/mol. The third kappa shape index (κ3) is 4.99. The van der Waals surface area contributed by atoms with Crippen LogP contribution in [0.5, 0.6) is 0 Å². The normalized spacial score (nSPS) is 21.7. The maximum atomic E-state index is 13.1. The Bertz CT molecular complexity index is 669. The maximum Gasteiger partial charge on any atom is 0.251 e. The van der Waals surface area contributed by atoms with Gasteiger partial charge in [-0.15, -0.1) is 0 Å². The summed E-state index contributed by atoms with van der Waals surface area (Å²) in [6.07, 6.45) is 1.31. The summed E-state index contributed by atoms with van der Waals surface area (Å²) in [7, 11) is 3.37. The summed E-state index contributed by atoms with van der Waals surface area (Å²) in [5, 5.41) is 3.33. The molecule has 2 fully saturated rings. The Hall–Kier alpha value is -2.19. The molecule has 0 saturated carbocycles. The van der Waals surface area contributed by atoms with E-state index in [2.05, 4.69) is 15.2 Å². The van der Waals surface area contributed by atoms with Gasteiger partial charge in [-0.25, -0.2) is 4.39 Å². The van der Waals surface area contributed by atoms with Crippen molar-refractivity contribution in [2.75, 3.05) is 53.5 Å². The molecular weight excluding hydrogens is 363 g/mol. The standard InChI is InChI=1S/C20H29FN4O3/c1-22-20(23-14-18(27-2)15-5-7-16(21)8-6-15)25-11-9-24(10-12-25)19(26)17-4-3-13-28-17/h5-8,17-18H,3-4,9-14H2,1-2H3,(H,22,23). The third-order valence-corrected chi connectivity index (χ3v) is 5.28. The van der Waals surface area contributed by atoms with Crippen LogP contribution in [0.1, 0.15) is 24.5 Å². The van der Waals surface area contributed by atoms with E-state index >= 15 is 0 Å². The number of nitrogens with zero attached hydrogens (tertiary/aromatic N) is 3. The predicted octanol–water partition coefficient (Wildman–Crippen LogP) is 1.41. The minimum absolute atomic E-state index is 0.107. The zero-order valence-electron chi connectivity index (χ0n) is 16.6. The second kappa shape index (κ2) is 9.84. The summed E-state index contributed by atoms with van der Waals surface area (Å²) in [6, 6.07) is 6.31. The number of aliphatic imine (C=N–C) groups is 1. The highest BCUT2D eigenvalue weighted by Crippen LogP contribution is 2.17. The average Bonchev–Trinajstić information content (AvgIpc) is 3.27. The summed E-state index contributed by atoms with van der Waals surface area (Å²) < 4.78 is 24.2. The monoisotopic (exact) mass is 392 g/mol. The minimum Gasteiger partial charge on any atom is -0.375 e. The van der Waals surface area contributed by atoms with Gasteiger partial charge in [-0.2, -0.15) is 0 Å². The fourth-order valence-electron chi connectivity index (χ4n) is 3.65. The SMILES string of the molecule is CN=C(NCC(OC)c1ccc(F)cc1)N1CCN(C(=O)C2CCCO2)CC1. The first kappa shape index (κ1) is 20.5. The van der Waals surface area contributed by atoms with E-state index in [1.807, 2.05) is 4.90 Å². The van der Waals surface area contributed by atoms with Gasteiger partial charge in [0.15, 0.2) is 5.96 Å². The van der Waals surface area contributed by atoms with Crippen molar-refractivity contribution >= 4 is 11.9 Å². The van der Waals surface area contributed by atoms with Gasteiger partial charge in [0.2, 0.25) is 0 Å². The van der Waals surface area contributed by atoms with Crippen LogP contribution in [0.2, 0.25) is 0 Å². The van der Waals surface area contributed by atoms with Gasteiger partial charge in [-0.3, -0.25) is 9.79 Å². The number of hydrogen-bond acceptors (Lipinski definition) is 4. The summed E-state index contributed by atoms with van der Waals surface area (Å²) in [4.78, 5) is 20.9. The first-order valence-electron chi connectivity index (χ1n) is 9.76. The topological polar surface area (TPSA) is 66.4 Å². The molecule has 3 rings (SSSR count). The van der Waals surface area contributed by atoms with Crippen LogP contribution in [0.3, 0.4) is 0 Å². The van der Waals surface area contributed by atoms with Crippen LogP contribution in [-0.4, -0.2) is 81.3 Å². The van der Waals surface area contributed by atoms with Gasteiger partial charge in [0.25, 0.3) is 5.91 Å². The van der Waals surface area contributed by atoms with Gasteiger partial charge >= 0.3 is 0 Å². The van der Waals surface area contributed by atoms with E-state index in [9.17, 15) is 9.18 Å². The Labute approximate surface area is 165 Å². The number of halogens is 1. The molecule has 1 aromatic carbocycles. The zero-order chi connectivity index (χ0) is 19.9. The van der Waals surface area contributed by atoms with E-state index in [4.69, 9.17) is 9.47 Å². The maximum absolute atomic E-state index is 13.1. The van der Waals surface area contributed by atoms with Crippen molar-refractivity contribution in [3.05, 3.63) is 35.6 Å². The molecular formula is C20H29FN4O3. The van der Waals surface area contributed by atoms with Crippen molar-refractivity contribution in [2.24, 2.45) is 4.99 Å². The molecule has 0 aliphatic carbocycles. The summed E-state index contributed by atoms with van der Waals surface area (Å²) >= 11 is 0. The fraction of sp³-hybridized carbons (Fsp3) is 0.600. The highest BCUT2D eigenvalue weighted by atomic mass is 19.1. The summed E-state index contributed by atoms with van der Waals surface area (Å²) in [5.41, 5.74) is 0.902. The number of piperazine rings is 1. The molecule has 2 atom stereocenters. The van der Waals surface area contributed by atoms with Crippen molar-refractivity contribution in [2.45, 2.75) is 25.0 Å². The lowest BCUT2D eigenvalue weighted by molar-refractivity contribution is -0.142. The lowest BCUT2D eigenvalue weighted by atomic mass is 10.1. The highest BCUT2D eigenvalue weighted by molar-refractivity contribution is 5.82. The van der Waals surface area contributed by atoms with Gasteiger partial charge in [0.1, 0.15) is 11.9 Å². The molecule has 2 unspecified atom stereocenters. The number of guanidine groups is 1. The Morgan fingerprint density at radius 3 is 2.54 bits per heavy atom. The number of rotatable bonds is 5. The molecule has 0 radical (unpaired) electrons. The van der Waals surface area contributed by atoms with Crippen molar-refractivity contribution < 1.29 is 18.7 Å². The molecule has 1 aromatic rings. The lowest BCUT2D eigenvalue weighted by Gasteiger charge is -2.37.